The van der Waals surface area contributed by atoms with Gasteiger partial charge < -0.3 is 10.8 Å². The fraction of sp³-hybridized carbons (Fsp3) is 0.182. The first-order valence-electron chi connectivity index (χ1n) is 9.84. The third kappa shape index (κ3) is 5.47. The maximum absolute atomic E-state index is 15.1. The molecule has 0 saturated heterocycles. The molecule has 0 aliphatic carbocycles. The molecule has 2 aromatic carbocycles. The van der Waals surface area contributed by atoms with E-state index >= 15 is 4.39 Å². The minimum absolute atomic E-state index is 0.0649. The lowest BCUT2D eigenvalue weighted by Gasteiger charge is -2.16. The molecule has 0 amide bonds. The molecule has 1 aromatic heterocycles. The molecule has 1 atom stereocenters. The fourth-order valence-corrected chi connectivity index (χ4v) is 4.45. The van der Waals surface area contributed by atoms with E-state index in [0.29, 0.717) is 17.0 Å². The van der Waals surface area contributed by atoms with Crippen molar-refractivity contribution in [1.29, 1.82) is 0 Å². The molecule has 1 unspecified atom stereocenters. The lowest BCUT2D eigenvalue weighted by Crippen LogP contribution is -2.45. The van der Waals surface area contributed by atoms with Crippen LogP contribution in [0.15, 0.2) is 48.7 Å². The highest BCUT2D eigenvalue weighted by Gasteiger charge is 2.31. The van der Waals surface area contributed by atoms with Gasteiger partial charge in [-0.2, -0.15) is 0 Å². The van der Waals surface area contributed by atoms with E-state index in [9.17, 15) is 17.9 Å². The second-order valence-corrected chi connectivity index (χ2v) is 9.54. The zero-order valence-corrected chi connectivity index (χ0v) is 19.1. The summed E-state index contributed by atoms with van der Waals surface area (Å²) in [6, 6.07) is 10.1. The molecule has 174 valence electrons. The number of pyridine rings is 1. The number of aliphatic hydroxyl groups is 1. The summed E-state index contributed by atoms with van der Waals surface area (Å²) in [5.74, 6) is -2.72. The number of aromatic nitrogens is 1. The quantitative estimate of drug-likeness (QED) is 0.357. The summed E-state index contributed by atoms with van der Waals surface area (Å²) in [7, 11) is -3.85. The van der Waals surface area contributed by atoms with Gasteiger partial charge in [-0.1, -0.05) is 30.7 Å². The first-order valence-corrected chi connectivity index (χ1v) is 11.9. The van der Waals surface area contributed by atoms with Gasteiger partial charge >= 0.3 is 0 Å². The number of nitrogens with zero attached hydrogens (tertiary/aromatic N) is 1. The third-order valence-corrected chi connectivity index (χ3v) is 6.57. The van der Waals surface area contributed by atoms with Gasteiger partial charge in [0.2, 0.25) is 15.7 Å². The van der Waals surface area contributed by atoms with Crippen molar-refractivity contribution in [1.82, 2.24) is 4.98 Å². The van der Waals surface area contributed by atoms with Gasteiger partial charge in [-0.15, -0.1) is 0 Å². The molecule has 0 aliphatic rings. The van der Waals surface area contributed by atoms with Crippen LogP contribution in [-0.2, 0) is 10.0 Å². The number of benzene rings is 2. The van der Waals surface area contributed by atoms with Crippen molar-refractivity contribution in [2.24, 2.45) is 0 Å². The van der Waals surface area contributed by atoms with Crippen LogP contribution in [0.25, 0.3) is 11.1 Å². The summed E-state index contributed by atoms with van der Waals surface area (Å²) in [4.78, 5) is 4.06. The number of hydrogen-bond acceptors (Lipinski definition) is 5. The van der Waals surface area contributed by atoms with Crippen LogP contribution in [0.2, 0.25) is 5.02 Å². The Morgan fingerprint density at radius 1 is 1.21 bits per heavy atom. The van der Waals surface area contributed by atoms with Crippen molar-refractivity contribution in [3.05, 3.63) is 76.4 Å². The van der Waals surface area contributed by atoms with Gasteiger partial charge in [0.05, 0.1) is 22.6 Å². The molecule has 33 heavy (non-hydrogen) atoms. The van der Waals surface area contributed by atoms with Crippen LogP contribution < -0.4 is 15.9 Å². The smallest absolute Gasteiger partial charge is 0.232 e. The highest BCUT2D eigenvalue weighted by Crippen LogP contribution is 2.31. The van der Waals surface area contributed by atoms with Crippen LogP contribution in [0, 0.1) is 11.6 Å². The standard InChI is InChI=1S/C22H21ClF2N4O3S/c1-2-9-33(31,32)29-17-8-7-16(24)18(19(17)25)21(30)20(26)15-10-13(11-28-22(15)27)12-3-5-14(23)6-4-12/h3-8,10-11,21,26,29-30H,2,9H2,1H3,(H2,27,28)/p+1. The molecule has 11 heteroatoms. The van der Waals surface area contributed by atoms with Crippen molar-refractivity contribution < 1.29 is 27.7 Å². The first kappa shape index (κ1) is 24.6. The zero-order valence-electron chi connectivity index (χ0n) is 17.5. The zero-order chi connectivity index (χ0) is 24.3. The second-order valence-electron chi connectivity index (χ2n) is 7.27. The Balaban J connectivity index is 2.00. The molecule has 6 N–H and O–H groups in total. The molecule has 0 bridgehead atoms. The van der Waals surface area contributed by atoms with E-state index in [2.05, 4.69) is 9.71 Å². The van der Waals surface area contributed by atoms with Crippen molar-refractivity contribution in [3.63, 3.8) is 0 Å². The third-order valence-electron chi connectivity index (χ3n) is 4.84. The lowest BCUT2D eigenvalue weighted by molar-refractivity contribution is -0.123. The Labute approximate surface area is 194 Å². The van der Waals surface area contributed by atoms with Crippen LogP contribution in [-0.4, -0.2) is 30.0 Å². The van der Waals surface area contributed by atoms with Gasteiger partial charge in [0.1, 0.15) is 11.6 Å². The Morgan fingerprint density at radius 3 is 2.52 bits per heavy atom. The van der Waals surface area contributed by atoms with Crippen LogP contribution in [0.3, 0.4) is 0 Å². The monoisotopic (exact) mass is 495 g/mol. The van der Waals surface area contributed by atoms with E-state index < -0.39 is 39.0 Å². The predicted octanol–water partition coefficient (Wildman–Crippen LogP) is 2.70. The molecular weight excluding hydrogens is 474 g/mol. The number of sulfonamides is 1. The topological polar surface area (TPSA) is 131 Å². The average Bonchev–Trinajstić information content (AvgIpc) is 2.76. The lowest BCUT2D eigenvalue weighted by atomic mass is 9.96. The van der Waals surface area contributed by atoms with Gasteiger partial charge in [-0.05, 0) is 42.3 Å². The van der Waals surface area contributed by atoms with Crippen molar-refractivity contribution in [2.45, 2.75) is 19.4 Å². The van der Waals surface area contributed by atoms with Gasteiger partial charge in [-0.3, -0.25) is 10.1 Å². The molecule has 0 spiro atoms. The van der Waals surface area contributed by atoms with Crippen molar-refractivity contribution >= 4 is 38.8 Å². The number of nitrogens with two attached hydrogens (primary N) is 2. The predicted molar refractivity (Wildman–Crippen MR) is 124 cm³/mol. The van der Waals surface area contributed by atoms with E-state index in [0.717, 1.165) is 17.7 Å². The van der Waals surface area contributed by atoms with Crippen LogP contribution in [0.1, 0.15) is 30.6 Å². The highest BCUT2D eigenvalue weighted by atomic mass is 35.5. The van der Waals surface area contributed by atoms with Crippen molar-refractivity contribution in [3.8, 4) is 11.1 Å². The van der Waals surface area contributed by atoms with Crippen LogP contribution >= 0.6 is 11.6 Å². The molecule has 1 heterocycles. The fourth-order valence-electron chi connectivity index (χ4n) is 3.20. The summed E-state index contributed by atoms with van der Waals surface area (Å²) in [5, 5.41) is 17.3. The number of halogens is 3. The Bertz CT molecular complexity index is 1300. The number of nitrogen functional groups attached to an aromatic ring is 1. The Kier molecular flexibility index (Phi) is 7.31. The molecule has 3 rings (SSSR count). The minimum atomic E-state index is -3.85. The maximum Gasteiger partial charge on any atom is 0.232 e. The first-order chi connectivity index (χ1) is 15.5. The average molecular weight is 496 g/mol. The molecule has 7 nitrogen and oxygen atoms in total. The summed E-state index contributed by atoms with van der Waals surface area (Å²) in [6.45, 7) is 1.64. The minimum Gasteiger partial charge on any atom is -0.383 e. The summed E-state index contributed by atoms with van der Waals surface area (Å²) in [6.07, 6.45) is -0.193. The number of aliphatic hydroxyl groups excluding tert-OH is 1. The number of rotatable bonds is 8. The van der Waals surface area contributed by atoms with E-state index in [4.69, 9.17) is 22.7 Å². The molecule has 0 saturated carbocycles. The highest BCUT2D eigenvalue weighted by molar-refractivity contribution is 7.92. The second kappa shape index (κ2) is 9.82. The van der Waals surface area contributed by atoms with Crippen LogP contribution in [0.4, 0.5) is 20.3 Å². The molecular formula is C22H22ClF2N4O3S+. The van der Waals surface area contributed by atoms with Crippen LogP contribution in [0.5, 0.6) is 0 Å². The molecule has 0 aliphatic heterocycles. The van der Waals surface area contributed by atoms with E-state index in [1.807, 2.05) is 0 Å². The SMILES string of the molecule is CCCS(=O)(=O)Nc1ccc(F)c(C(O)C(=[NH2+])c2cc(-c3ccc(Cl)cc3)cnc2N)c1F. The largest absolute Gasteiger partial charge is 0.383 e. The molecule has 3 aromatic rings. The van der Waals surface area contributed by atoms with Gasteiger partial charge in [-0.25, -0.2) is 22.2 Å². The van der Waals surface area contributed by atoms with E-state index in [1.165, 1.54) is 12.3 Å². The summed E-state index contributed by atoms with van der Waals surface area (Å²) in [5.41, 5.74) is 5.60. The normalized spacial score (nSPS) is 12.4. The number of anilines is 2. The maximum atomic E-state index is 15.1. The Morgan fingerprint density at radius 2 is 1.88 bits per heavy atom. The summed E-state index contributed by atoms with van der Waals surface area (Å²) < 4.78 is 55.7. The van der Waals surface area contributed by atoms with Gasteiger partial charge in [0, 0.05) is 16.8 Å². The Hall–Kier alpha value is -3.08. The van der Waals surface area contributed by atoms with E-state index in [-0.39, 0.29) is 22.8 Å². The summed E-state index contributed by atoms with van der Waals surface area (Å²) >= 11 is 5.91. The molecule has 0 fully saturated rings. The van der Waals surface area contributed by atoms with E-state index in [1.54, 1.807) is 31.2 Å². The van der Waals surface area contributed by atoms with Crippen molar-refractivity contribution in [2.75, 3.05) is 16.2 Å². The molecule has 0 radical (unpaired) electrons. The number of hydrogen-bond donors (Lipinski definition) is 4. The van der Waals surface area contributed by atoms with Gasteiger partial charge in [0.25, 0.3) is 0 Å². The number of nitrogens with one attached hydrogen (secondary N) is 1. The van der Waals surface area contributed by atoms with Gasteiger partial charge in [0.15, 0.2) is 11.9 Å².